The third-order valence-corrected chi connectivity index (χ3v) is 3.62. The average Bonchev–Trinajstić information content (AvgIpc) is 2.60. The molecule has 2 aliphatic rings. The maximum absolute atomic E-state index is 2.69. The van der Waals surface area contributed by atoms with E-state index in [9.17, 15) is 0 Å². The first-order chi connectivity index (χ1) is 6.49. The van der Waals surface area contributed by atoms with Gasteiger partial charge in [0, 0.05) is 6.54 Å². The second kappa shape index (κ2) is 3.52. The summed E-state index contributed by atoms with van der Waals surface area (Å²) in [6.07, 6.45) is 7.27. The van der Waals surface area contributed by atoms with Crippen LogP contribution in [0, 0.1) is 10.8 Å². The number of hydrogen-bond donors (Lipinski definition) is 0. The molecule has 1 heterocycles. The van der Waals surface area contributed by atoms with Gasteiger partial charge in [0.1, 0.15) is 0 Å². The smallest absolute Gasteiger partial charge is 0.00382 e. The van der Waals surface area contributed by atoms with Gasteiger partial charge >= 0.3 is 0 Å². The summed E-state index contributed by atoms with van der Waals surface area (Å²) < 4.78 is 0. The van der Waals surface area contributed by atoms with Gasteiger partial charge in [-0.1, -0.05) is 20.8 Å². The molecule has 2 fully saturated rings. The summed E-state index contributed by atoms with van der Waals surface area (Å²) in [7, 11) is 0. The molecule has 0 bridgehead atoms. The highest BCUT2D eigenvalue weighted by Gasteiger charge is 2.46. The summed E-state index contributed by atoms with van der Waals surface area (Å²) in [5.74, 6) is 0. The Morgan fingerprint density at radius 2 is 1.64 bits per heavy atom. The summed E-state index contributed by atoms with van der Waals surface area (Å²) in [5, 5.41) is 0. The van der Waals surface area contributed by atoms with Crippen molar-refractivity contribution in [2.45, 2.75) is 52.9 Å². The van der Waals surface area contributed by atoms with E-state index < -0.39 is 0 Å². The van der Waals surface area contributed by atoms with Gasteiger partial charge in [-0.05, 0) is 56.0 Å². The fourth-order valence-electron chi connectivity index (χ4n) is 3.11. The Kier molecular flexibility index (Phi) is 2.63. The molecule has 0 aromatic heterocycles. The fourth-order valence-corrected chi connectivity index (χ4v) is 3.11. The van der Waals surface area contributed by atoms with Crippen LogP contribution < -0.4 is 0 Å². The summed E-state index contributed by atoms with van der Waals surface area (Å²) in [6, 6.07) is 0. The molecule has 0 aromatic rings. The van der Waals surface area contributed by atoms with E-state index in [0.29, 0.717) is 5.41 Å². The Morgan fingerprint density at radius 3 is 2.07 bits per heavy atom. The lowest BCUT2D eigenvalue weighted by molar-refractivity contribution is 0.200. The van der Waals surface area contributed by atoms with Gasteiger partial charge in [0.2, 0.25) is 0 Å². The van der Waals surface area contributed by atoms with Crippen LogP contribution in [0.15, 0.2) is 0 Å². The number of hydrogen-bond acceptors (Lipinski definition) is 1. The Morgan fingerprint density at radius 1 is 1.07 bits per heavy atom. The first-order valence-corrected chi connectivity index (χ1v) is 6.22. The van der Waals surface area contributed by atoms with E-state index in [1.807, 2.05) is 0 Å². The van der Waals surface area contributed by atoms with Crippen molar-refractivity contribution in [3.05, 3.63) is 0 Å². The normalized spacial score (nSPS) is 26.8. The number of rotatable bonds is 3. The van der Waals surface area contributed by atoms with Gasteiger partial charge in [0.15, 0.2) is 0 Å². The maximum atomic E-state index is 2.69. The van der Waals surface area contributed by atoms with Crippen LogP contribution in [0.5, 0.6) is 0 Å². The van der Waals surface area contributed by atoms with Gasteiger partial charge in [-0.3, -0.25) is 0 Å². The third-order valence-electron chi connectivity index (χ3n) is 3.62. The van der Waals surface area contributed by atoms with Crippen LogP contribution in [-0.2, 0) is 0 Å². The second-order valence-electron chi connectivity index (χ2n) is 6.72. The van der Waals surface area contributed by atoms with Crippen molar-refractivity contribution in [1.29, 1.82) is 0 Å². The van der Waals surface area contributed by atoms with E-state index in [0.717, 1.165) is 5.41 Å². The van der Waals surface area contributed by atoms with Crippen LogP contribution in [0.4, 0.5) is 0 Å². The minimum atomic E-state index is 0.524. The molecule has 0 spiro atoms. The Labute approximate surface area is 88.9 Å². The van der Waals surface area contributed by atoms with E-state index >= 15 is 0 Å². The highest BCUT2D eigenvalue weighted by atomic mass is 15.1. The molecular formula is C13H25N. The predicted octanol–water partition coefficient (Wildman–Crippen LogP) is 3.30. The van der Waals surface area contributed by atoms with Crippen molar-refractivity contribution in [3.63, 3.8) is 0 Å². The summed E-state index contributed by atoms with van der Waals surface area (Å²) in [4.78, 5) is 2.69. The van der Waals surface area contributed by atoms with Gasteiger partial charge < -0.3 is 4.90 Å². The molecule has 1 saturated heterocycles. The second-order valence-corrected chi connectivity index (χ2v) is 6.72. The molecule has 1 saturated carbocycles. The minimum absolute atomic E-state index is 0.524. The zero-order chi connectivity index (χ0) is 10.2. The quantitative estimate of drug-likeness (QED) is 0.668. The molecule has 0 amide bonds. The molecule has 1 aliphatic carbocycles. The van der Waals surface area contributed by atoms with E-state index in [2.05, 4.69) is 25.7 Å². The Balaban J connectivity index is 1.83. The first-order valence-electron chi connectivity index (χ1n) is 6.22. The van der Waals surface area contributed by atoms with Gasteiger partial charge in [-0.25, -0.2) is 0 Å². The molecular weight excluding hydrogens is 170 g/mol. The Bertz CT molecular complexity index is 192. The van der Waals surface area contributed by atoms with Gasteiger partial charge in [-0.15, -0.1) is 0 Å². The zero-order valence-electron chi connectivity index (χ0n) is 10.1. The molecule has 0 unspecified atom stereocenters. The van der Waals surface area contributed by atoms with Crippen LogP contribution >= 0.6 is 0 Å². The molecule has 2 rings (SSSR count). The lowest BCUT2D eigenvalue weighted by Gasteiger charge is -2.29. The van der Waals surface area contributed by atoms with Crippen molar-refractivity contribution in [3.8, 4) is 0 Å². The van der Waals surface area contributed by atoms with Gasteiger partial charge in [0.25, 0.3) is 0 Å². The van der Waals surface area contributed by atoms with Gasteiger partial charge in [0.05, 0.1) is 0 Å². The van der Waals surface area contributed by atoms with Crippen LogP contribution in [0.25, 0.3) is 0 Å². The summed E-state index contributed by atoms with van der Waals surface area (Å²) >= 11 is 0. The zero-order valence-corrected chi connectivity index (χ0v) is 10.1. The van der Waals surface area contributed by atoms with Crippen molar-refractivity contribution in [2.24, 2.45) is 10.8 Å². The molecule has 0 N–H and O–H groups in total. The van der Waals surface area contributed by atoms with E-state index in [-0.39, 0.29) is 0 Å². The summed E-state index contributed by atoms with van der Waals surface area (Å²) in [6.45, 7) is 11.3. The average molecular weight is 195 g/mol. The van der Waals surface area contributed by atoms with Crippen molar-refractivity contribution in [1.82, 2.24) is 4.90 Å². The molecule has 0 aromatic carbocycles. The van der Waals surface area contributed by atoms with E-state index in [4.69, 9.17) is 0 Å². The van der Waals surface area contributed by atoms with Crippen LogP contribution in [-0.4, -0.2) is 24.5 Å². The first kappa shape index (κ1) is 10.5. The number of likely N-dealkylation sites (tertiary alicyclic amines) is 1. The summed E-state index contributed by atoms with van der Waals surface area (Å²) in [5.41, 5.74) is 1.25. The molecule has 1 heteroatoms. The SMILES string of the molecule is CC(C)(C)CC1(CN2CCCC2)CC1. The number of nitrogens with zero attached hydrogens (tertiary/aromatic N) is 1. The molecule has 1 aliphatic heterocycles. The lowest BCUT2D eigenvalue weighted by Crippen LogP contribution is -2.30. The monoisotopic (exact) mass is 195 g/mol. The van der Waals surface area contributed by atoms with Crippen molar-refractivity contribution in [2.75, 3.05) is 19.6 Å². The third kappa shape index (κ3) is 2.73. The fraction of sp³-hybridized carbons (Fsp3) is 1.00. The molecule has 1 nitrogen and oxygen atoms in total. The van der Waals surface area contributed by atoms with Crippen molar-refractivity contribution >= 4 is 0 Å². The topological polar surface area (TPSA) is 3.24 Å². The standard InChI is InChI=1S/C13H25N/c1-12(2,3)10-13(6-7-13)11-14-8-4-5-9-14/h4-11H2,1-3H3. The minimum Gasteiger partial charge on any atom is -0.303 e. The van der Waals surface area contributed by atoms with E-state index in [1.54, 1.807) is 0 Å². The Hall–Kier alpha value is -0.0400. The largest absolute Gasteiger partial charge is 0.303 e. The maximum Gasteiger partial charge on any atom is 0.00382 e. The highest BCUT2D eigenvalue weighted by Crippen LogP contribution is 2.53. The highest BCUT2D eigenvalue weighted by molar-refractivity contribution is 4.98. The molecule has 0 radical (unpaired) electrons. The molecule has 82 valence electrons. The lowest BCUT2D eigenvalue weighted by atomic mass is 9.82. The van der Waals surface area contributed by atoms with Crippen molar-refractivity contribution < 1.29 is 0 Å². The molecule has 14 heavy (non-hydrogen) atoms. The predicted molar refractivity (Wildman–Crippen MR) is 61.4 cm³/mol. The van der Waals surface area contributed by atoms with Crippen LogP contribution in [0.2, 0.25) is 0 Å². The van der Waals surface area contributed by atoms with Crippen LogP contribution in [0.3, 0.4) is 0 Å². The molecule has 0 atom stereocenters. The van der Waals surface area contributed by atoms with Crippen LogP contribution in [0.1, 0.15) is 52.9 Å². The van der Waals surface area contributed by atoms with Gasteiger partial charge in [-0.2, -0.15) is 0 Å². The van der Waals surface area contributed by atoms with E-state index in [1.165, 1.54) is 51.7 Å².